The predicted molar refractivity (Wildman–Crippen MR) is 54.3 cm³/mol. The lowest BCUT2D eigenvalue weighted by Gasteiger charge is -2.04. The first kappa shape index (κ1) is 9.34. The van der Waals surface area contributed by atoms with E-state index in [1.807, 2.05) is 24.3 Å². The molecule has 0 saturated carbocycles. The molecule has 1 heteroatoms. The van der Waals surface area contributed by atoms with Crippen LogP contribution in [0, 0.1) is 5.92 Å². The molecule has 0 aliphatic carbocycles. The summed E-state index contributed by atoms with van der Waals surface area (Å²) in [4.78, 5) is 0. The van der Waals surface area contributed by atoms with Crippen LogP contribution in [0.2, 0.25) is 5.02 Å². The summed E-state index contributed by atoms with van der Waals surface area (Å²) in [6, 6.07) is 7.90. The van der Waals surface area contributed by atoms with Gasteiger partial charge < -0.3 is 0 Å². The van der Waals surface area contributed by atoms with Gasteiger partial charge >= 0.3 is 0 Å². The molecule has 0 unspecified atom stereocenters. The molecular weight excluding hydrogens is 168 g/mol. The summed E-state index contributed by atoms with van der Waals surface area (Å²) in [5.41, 5.74) is 1.24. The lowest BCUT2D eigenvalue weighted by atomic mass is 10.0. The summed E-state index contributed by atoms with van der Waals surface area (Å²) in [6.45, 7) is 5.77. The van der Waals surface area contributed by atoms with Gasteiger partial charge in [0.15, 0.2) is 0 Å². The van der Waals surface area contributed by atoms with E-state index in [0.717, 1.165) is 11.4 Å². The molecular formula is C11H12Cl. The summed E-state index contributed by atoms with van der Waals surface area (Å²) >= 11 is 5.84. The van der Waals surface area contributed by atoms with E-state index in [4.69, 9.17) is 11.6 Å². The minimum atomic E-state index is 0.796. The van der Waals surface area contributed by atoms with Gasteiger partial charge in [0.05, 0.1) is 0 Å². The number of hydrogen-bond donors (Lipinski definition) is 0. The van der Waals surface area contributed by atoms with Gasteiger partial charge in [-0.3, -0.25) is 0 Å². The standard InChI is InChI=1S/C11H12Cl/c1-3-9(2)7-10-5-4-6-11(12)8-10/h3-6,8H,1,7H2,2H3. The molecule has 0 aromatic heterocycles. The molecule has 0 nitrogen and oxygen atoms in total. The van der Waals surface area contributed by atoms with E-state index >= 15 is 0 Å². The second kappa shape index (κ2) is 4.32. The average Bonchev–Trinajstić information content (AvgIpc) is 2.04. The molecule has 63 valence electrons. The van der Waals surface area contributed by atoms with Gasteiger partial charge in [-0.1, -0.05) is 36.7 Å². The van der Waals surface area contributed by atoms with Crippen molar-refractivity contribution in [1.29, 1.82) is 0 Å². The van der Waals surface area contributed by atoms with Crippen molar-refractivity contribution in [3.8, 4) is 0 Å². The molecule has 0 heterocycles. The highest BCUT2D eigenvalue weighted by Crippen LogP contribution is 2.15. The second-order valence-electron chi connectivity index (χ2n) is 2.86. The van der Waals surface area contributed by atoms with E-state index in [2.05, 4.69) is 19.6 Å². The van der Waals surface area contributed by atoms with Crippen molar-refractivity contribution in [3.05, 3.63) is 53.4 Å². The van der Waals surface area contributed by atoms with Crippen LogP contribution >= 0.6 is 11.6 Å². The Kier molecular flexibility index (Phi) is 3.36. The van der Waals surface area contributed by atoms with E-state index in [-0.39, 0.29) is 0 Å². The number of benzene rings is 1. The first-order valence-electron chi connectivity index (χ1n) is 3.91. The molecule has 1 aromatic rings. The number of allylic oxidation sites excluding steroid dienone is 1. The molecule has 1 aromatic carbocycles. The summed E-state index contributed by atoms with van der Waals surface area (Å²) in [6.07, 6.45) is 2.81. The van der Waals surface area contributed by atoms with Gasteiger partial charge in [-0.25, -0.2) is 0 Å². The van der Waals surface area contributed by atoms with Crippen LogP contribution < -0.4 is 0 Å². The maximum absolute atomic E-state index is 5.84. The van der Waals surface area contributed by atoms with Crippen LogP contribution in [-0.4, -0.2) is 0 Å². The van der Waals surface area contributed by atoms with Gasteiger partial charge in [-0.05, 0) is 30.0 Å². The van der Waals surface area contributed by atoms with E-state index in [9.17, 15) is 0 Å². The maximum atomic E-state index is 5.84. The molecule has 12 heavy (non-hydrogen) atoms. The number of hydrogen-bond acceptors (Lipinski definition) is 0. The topological polar surface area (TPSA) is 0 Å². The van der Waals surface area contributed by atoms with Crippen molar-refractivity contribution in [2.24, 2.45) is 0 Å². The van der Waals surface area contributed by atoms with Crippen molar-refractivity contribution in [1.82, 2.24) is 0 Å². The summed E-state index contributed by atoms with van der Waals surface area (Å²) in [5, 5.41) is 0.796. The Labute approximate surface area is 78.9 Å². The van der Waals surface area contributed by atoms with Crippen LogP contribution in [0.4, 0.5) is 0 Å². The summed E-state index contributed by atoms with van der Waals surface area (Å²) < 4.78 is 0. The average molecular weight is 180 g/mol. The largest absolute Gasteiger partial charge is 0.102 e. The van der Waals surface area contributed by atoms with Crippen LogP contribution in [0.5, 0.6) is 0 Å². The molecule has 0 amide bonds. The molecule has 0 aliphatic rings. The number of rotatable bonds is 3. The maximum Gasteiger partial charge on any atom is 0.0408 e. The molecule has 1 radical (unpaired) electrons. The highest BCUT2D eigenvalue weighted by atomic mass is 35.5. The Morgan fingerprint density at radius 2 is 2.33 bits per heavy atom. The smallest absolute Gasteiger partial charge is 0.0408 e. The van der Waals surface area contributed by atoms with Gasteiger partial charge in [0, 0.05) is 5.02 Å². The van der Waals surface area contributed by atoms with Crippen molar-refractivity contribution >= 4 is 11.6 Å². The fourth-order valence-electron chi connectivity index (χ4n) is 1.04. The SMILES string of the molecule is C=C[C](C)Cc1cccc(Cl)c1. The van der Waals surface area contributed by atoms with Crippen molar-refractivity contribution in [2.45, 2.75) is 13.3 Å². The summed E-state index contributed by atoms with van der Waals surface area (Å²) in [7, 11) is 0. The zero-order valence-electron chi connectivity index (χ0n) is 7.18. The van der Waals surface area contributed by atoms with E-state index in [0.29, 0.717) is 0 Å². The van der Waals surface area contributed by atoms with Crippen LogP contribution in [0.25, 0.3) is 0 Å². The molecule has 0 bridgehead atoms. The Morgan fingerprint density at radius 1 is 1.58 bits per heavy atom. The Hall–Kier alpha value is -0.750. The zero-order chi connectivity index (χ0) is 8.97. The van der Waals surface area contributed by atoms with Crippen LogP contribution in [0.15, 0.2) is 36.9 Å². The summed E-state index contributed by atoms with van der Waals surface area (Å²) in [5.74, 6) is 1.26. The third-order valence-electron chi connectivity index (χ3n) is 1.72. The predicted octanol–water partition coefficient (Wildman–Crippen LogP) is 3.66. The third kappa shape index (κ3) is 2.71. The molecule has 0 spiro atoms. The van der Waals surface area contributed by atoms with Crippen LogP contribution in [-0.2, 0) is 6.42 Å². The highest BCUT2D eigenvalue weighted by molar-refractivity contribution is 6.30. The monoisotopic (exact) mass is 179 g/mol. The van der Waals surface area contributed by atoms with Crippen molar-refractivity contribution in [2.75, 3.05) is 0 Å². The fourth-order valence-corrected chi connectivity index (χ4v) is 1.25. The van der Waals surface area contributed by atoms with Crippen LogP contribution in [0.1, 0.15) is 12.5 Å². The van der Waals surface area contributed by atoms with Gasteiger partial charge in [-0.2, -0.15) is 0 Å². The van der Waals surface area contributed by atoms with Gasteiger partial charge in [0.1, 0.15) is 0 Å². The minimum Gasteiger partial charge on any atom is -0.102 e. The van der Waals surface area contributed by atoms with Gasteiger partial charge in [0.25, 0.3) is 0 Å². The van der Waals surface area contributed by atoms with Crippen LogP contribution in [0.3, 0.4) is 0 Å². The Morgan fingerprint density at radius 3 is 2.92 bits per heavy atom. The van der Waals surface area contributed by atoms with E-state index < -0.39 is 0 Å². The lowest BCUT2D eigenvalue weighted by Crippen LogP contribution is -1.92. The first-order chi connectivity index (χ1) is 5.72. The minimum absolute atomic E-state index is 0.796. The van der Waals surface area contributed by atoms with Gasteiger partial charge in [-0.15, -0.1) is 6.58 Å². The Bertz CT molecular complexity index is 265. The van der Waals surface area contributed by atoms with Crippen molar-refractivity contribution < 1.29 is 0 Å². The van der Waals surface area contributed by atoms with Gasteiger partial charge in [0.2, 0.25) is 0 Å². The third-order valence-corrected chi connectivity index (χ3v) is 1.96. The normalized spacial score (nSPS) is 10.2. The number of halogens is 1. The molecule has 0 fully saturated rings. The molecule has 0 aliphatic heterocycles. The second-order valence-corrected chi connectivity index (χ2v) is 3.29. The van der Waals surface area contributed by atoms with Crippen molar-refractivity contribution in [3.63, 3.8) is 0 Å². The quantitative estimate of drug-likeness (QED) is 0.665. The van der Waals surface area contributed by atoms with E-state index in [1.54, 1.807) is 0 Å². The molecule has 1 rings (SSSR count). The Balaban J connectivity index is 2.69. The molecule has 0 saturated heterocycles. The highest BCUT2D eigenvalue weighted by Gasteiger charge is 1.99. The first-order valence-corrected chi connectivity index (χ1v) is 4.29. The molecule has 0 atom stereocenters. The zero-order valence-corrected chi connectivity index (χ0v) is 7.93. The molecule has 0 N–H and O–H groups in total. The van der Waals surface area contributed by atoms with E-state index in [1.165, 1.54) is 11.5 Å². The lowest BCUT2D eigenvalue weighted by molar-refractivity contribution is 1.03. The fraction of sp³-hybridized carbons (Fsp3) is 0.182.